The van der Waals surface area contributed by atoms with Gasteiger partial charge in [-0.1, -0.05) is 27.2 Å². The third-order valence-corrected chi connectivity index (χ3v) is 3.86. The summed E-state index contributed by atoms with van der Waals surface area (Å²) in [5.41, 5.74) is 0. The van der Waals surface area contributed by atoms with Crippen molar-refractivity contribution in [2.24, 2.45) is 11.8 Å². The van der Waals surface area contributed by atoms with Crippen molar-refractivity contribution in [1.29, 1.82) is 0 Å². The van der Waals surface area contributed by atoms with Crippen LogP contribution >= 0.6 is 0 Å². The molecule has 0 aromatic carbocycles. The molecule has 0 amide bonds. The van der Waals surface area contributed by atoms with E-state index in [1.54, 1.807) is 0 Å². The minimum absolute atomic E-state index is 0.364. The molecule has 2 N–H and O–H groups in total. The van der Waals surface area contributed by atoms with E-state index in [9.17, 15) is 5.11 Å². The molecule has 1 aliphatic carbocycles. The molecule has 18 heavy (non-hydrogen) atoms. The first-order chi connectivity index (χ1) is 8.59. The van der Waals surface area contributed by atoms with Crippen molar-refractivity contribution in [3.63, 3.8) is 0 Å². The lowest BCUT2D eigenvalue weighted by molar-refractivity contribution is 0.0330. The van der Waals surface area contributed by atoms with Crippen molar-refractivity contribution in [3.05, 3.63) is 0 Å². The molecular weight excluding hydrogens is 226 g/mol. The number of hydrogen-bond acceptors (Lipinski definition) is 3. The lowest BCUT2D eigenvalue weighted by atomic mass is 10.1. The zero-order valence-corrected chi connectivity index (χ0v) is 12.3. The van der Waals surface area contributed by atoms with E-state index in [-0.39, 0.29) is 6.10 Å². The van der Waals surface area contributed by atoms with Crippen molar-refractivity contribution in [2.75, 3.05) is 19.8 Å². The summed E-state index contributed by atoms with van der Waals surface area (Å²) in [5, 5.41) is 13.3. The maximum Gasteiger partial charge on any atom is 0.0897 e. The van der Waals surface area contributed by atoms with E-state index < -0.39 is 0 Å². The van der Waals surface area contributed by atoms with E-state index in [0.717, 1.165) is 24.9 Å². The van der Waals surface area contributed by atoms with Crippen LogP contribution in [0.4, 0.5) is 0 Å². The highest BCUT2D eigenvalue weighted by atomic mass is 16.5. The third-order valence-electron chi connectivity index (χ3n) is 3.86. The second-order valence-corrected chi connectivity index (χ2v) is 6.19. The fourth-order valence-corrected chi connectivity index (χ4v) is 2.61. The number of ether oxygens (including phenoxy) is 1. The minimum Gasteiger partial charge on any atom is -0.389 e. The van der Waals surface area contributed by atoms with Gasteiger partial charge in [-0.2, -0.15) is 0 Å². The second-order valence-electron chi connectivity index (χ2n) is 6.19. The highest BCUT2D eigenvalue weighted by molar-refractivity contribution is 4.80. The number of hydrogen-bond donors (Lipinski definition) is 2. The van der Waals surface area contributed by atoms with Crippen LogP contribution in [-0.4, -0.2) is 37.0 Å². The Morgan fingerprint density at radius 1 is 1.33 bits per heavy atom. The Morgan fingerprint density at radius 3 is 2.72 bits per heavy atom. The van der Waals surface area contributed by atoms with E-state index in [2.05, 4.69) is 26.1 Å². The average Bonchev–Trinajstić information content (AvgIpc) is 2.71. The normalized spacial score (nSPS) is 25.8. The van der Waals surface area contributed by atoms with Crippen molar-refractivity contribution >= 4 is 0 Å². The van der Waals surface area contributed by atoms with Crippen LogP contribution in [0.25, 0.3) is 0 Å². The van der Waals surface area contributed by atoms with Crippen LogP contribution in [0.15, 0.2) is 0 Å². The summed E-state index contributed by atoms with van der Waals surface area (Å²) in [6, 6.07) is 0.598. The van der Waals surface area contributed by atoms with E-state index in [4.69, 9.17) is 4.74 Å². The predicted molar refractivity (Wildman–Crippen MR) is 75.7 cm³/mol. The lowest BCUT2D eigenvalue weighted by Gasteiger charge is -2.20. The van der Waals surface area contributed by atoms with Crippen LogP contribution in [-0.2, 0) is 4.74 Å². The Hall–Kier alpha value is -0.120. The summed E-state index contributed by atoms with van der Waals surface area (Å²) in [6.07, 6.45) is 5.83. The van der Waals surface area contributed by atoms with Gasteiger partial charge in [-0.25, -0.2) is 0 Å². The Kier molecular flexibility index (Phi) is 7.87. The van der Waals surface area contributed by atoms with E-state index in [1.807, 2.05) is 0 Å². The van der Waals surface area contributed by atoms with Gasteiger partial charge in [0.2, 0.25) is 0 Å². The highest BCUT2D eigenvalue weighted by Crippen LogP contribution is 2.24. The Bertz CT molecular complexity index is 209. The molecule has 3 nitrogen and oxygen atoms in total. The van der Waals surface area contributed by atoms with Gasteiger partial charge in [0.1, 0.15) is 0 Å². The first kappa shape index (κ1) is 15.9. The number of rotatable bonds is 9. The zero-order valence-electron chi connectivity index (χ0n) is 12.3. The van der Waals surface area contributed by atoms with Gasteiger partial charge in [-0.15, -0.1) is 0 Å². The molecule has 0 saturated heterocycles. The molecule has 0 aromatic heterocycles. The Labute approximate surface area is 112 Å². The largest absolute Gasteiger partial charge is 0.389 e. The van der Waals surface area contributed by atoms with Gasteiger partial charge in [-0.3, -0.25) is 0 Å². The molecule has 0 radical (unpaired) electrons. The van der Waals surface area contributed by atoms with Crippen LogP contribution in [0.2, 0.25) is 0 Å². The topological polar surface area (TPSA) is 41.5 Å². The fourth-order valence-electron chi connectivity index (χ4n) is 2.61. The van der Waals surface area contributed by atoms with Gasteiger partial charge in [-0.05, 0) is 37.5 Å². The Morgan fingerprint density at radius 2 is 2.11 bits per heavy atom. The second kappa shape index (κ2) is 8.89. The summed E-state index contributed by atoms with van der Waals surface area (Å²) in [5.74, 6) is 1.49. The predicted octanol–water partition coefficient (Wildman–Crippen LogP) is 2.58. The minimum atomic E-state index is -0.364. The van der Waals surface area contributed by atoms with Crippen LogP contribution < -0.4 is 5.32 Å². The van der Waals surface area contributed by atoms with Crippen molar-refractivity contribution in [3.8, 4) is 0 Å². The highest BCUT2D eigenvalue weighted by Gasteiger charge is 2.23. The standard InChI is InChI=1S/C15H31NO2/c1-12(2)6-5-9-18-11-14(17)10-16-15-8-4-7-13(15)3/h12-17H,4-11H2,1-3H3. The van der Waals surface area contributed by atoms with Gasteiger partial charge in [0.05, 0.1) is 12.7 Å². The van der Waals surface area contributed by atoms with Crippen molar-refractivity contribution in [2.45, 2.75) is 65.0 Å². The molecule has 0 heterocycles. The smallest absolute Gasteiger partial charge is 0.0897 e. The fraction of sp³-hybridized carbons (Fsp3) is 1.00. The first-order valence-corrected chi connectivity index (χ1v) is 7.58. The first-order valence-electron chi connectivity index (χ1n) is 7.58. The molecule has 1 fully saturated rings. The molecule has 0 spiro atoms. The quantitative estimate of drug-likeness (QED) is 0.624. The van der Waals surface area contributed by atoms with E-state index in [0.29, 0.717) is 19.2 Å². The van der Waals surface area contributed by atoms with Gasteiger partial charge >= 0.3 is 0 Å². The number of nitrogens with one attached hydrogen (secondary N) is 1. The summed E-state index contributed by atoms with van der Waals surface area (Å²) >= 11 is 0. The molecule has 3 heteroatoms. The van der Waals surface area contributed by atoms with Crippen LogP contribution in [0.1, 0.15) is 52.9 Å². The monoisotopic (exact) mass is 257 g/mol. The molecule has 0 aliphatic heterocycles. The van der Waals surface area contributed by atoms with Crippen molar-refractivity contribution < 1.29 is 9.84 Å². The summed E-state index contributed by atoms with van der Waals surface area (Å²) in [4.78, 5) is 0. The van der Waals surface area contributed by atoms with Crippen molar-refractivity contribution in [1.82, 2.24) is 5.32 Å². The molecule has 3 unspecified atom stereocenters. The number of aliphatic hydroxyl groups excluding tert-OH is 1. The molecule has 1 rings (SSSR count). The van der Waals surface area contributed by atoms with Crippen LogP contribution in [0.3, 0.4) is 0 Å². The van der Waals surface area contributed by atoms with Crippen LogP contribution in [0.5, 0.6) is 0 Å². The van der Waals surface area contributed by atoms with E-state index in [1.165, 1.54) is 25.7 Å². The molecule has 0 aromatic rings. The molecular formula is C15H31NO2. The third kappa shape index (κ3) is 6.72. The summed E-state index contributed by atoms with van der Waals surface area (Å²) in [6.45, 7) is 8.64. The maximum absolute atomic E-state index is 9.82. The molecule has 108 valence electrons. The summed E-state index contributed by atoms with van der Waals surface area (Å²) in [7, 11) is 0. The Balaban J connectivity index is 1.95. The van der Waals surface area contributed by atoms with Gasteiger partial charge in [0, 0.05) is 19.2 Å². The molecule has 0 bridgehead atoms. The van der Waals surface area contributed by atoms with E-state index >= 15 is 0 Å². The molecule has 3 atom stereocenters. The maximum atomic E-state index is 9.82. The van der Waals surface area contributed by atoms with Gasteiger partial charge in [0.25, 0.3) is 0 Å². The molecule has 1 saturated carbocycles. The summed E-state index contributed by atoms with van der Waals surface area (Å²) < 4.78 is 5.50. The van der Waals surface area contributed by atoms with Gasteiger partial charge < -0.3 is 15.2 Å². The average molecular weight is 257 g/mol. The van der Waals surface area contributed by atoms with Crippen LogP contribution in [0, 0.1) is 11.8 Å². The number of aliphatic hydroxyl groups is 1. The zero-order chi connectivity index (χ0) is 13.4. The van der Waals surface area contributed by atoms with Gasteiger partial charge in [0.15, 0.2) is 0 Å². The lowest BCUT2D eigenvalue weighted by Crippen LogP contribution is -2.38. The SMILES string of the molecule is CC(C)CCCOCC(O)CNC1CCCC1C. The molecule has 1 aliphatic rings.